The van der Waals surface area contributed by atoms with E-state index in [-0.39, 0.29) is 17.9 Å². The first kappa shape index (κ1) is 19.5. The highest BCUT2D eigenvalue weighted by Gasteiger charge is 2.31. The third-order valence-electron chi connectivity index (χ3n) is 5.13. The molecule has 144 valence electrons. The van der Waals surface area contributed by atoms with Gasteiger partial charge in [-0.25, -0.2) is 0 Å². The van der Waals surface area contributed by atoms with E-state index < -0.39 is 0 Å². The van der Waals surface area contributed by atoms with Crippen LogP contribution in [0.3, 0.4) is 0 Å². The second kappa shape index (κ2) is 8.21. The van der Waals surface area contributed by atoms with Crippen LogP contribution in [-0.4, -0.2) is 47.8 Å². The lowest BCUT2D eigenvalue weighted by atomic mass is 10.2. The molecule has 1 unspecified atom stereocenters. The smallest absolute Gasteiger partial charge is 0.289 e. The molecule has 27 heavy (non-hydrogen) atoms. The minimum absolute atomic E-state index is 0.0260. The largest absolute Gasteiger partial charge is 0.455 e. The predicted octanol–water partition coefficient (Wildman–Crippen LogP) is 3.88. The average Bonchev–Trinajstić information content (AvgIpc) is 3.30. The summed E-state index contributed by atoms with van der Waals surface area (Å²) in [7, 11) is 1.79. The lowest BCUT2D eigenvalue weighted by Gasteiger charge is -2.23. The fraction of sp³-hybridized carbons (Fsp3) is 0.429. The van der Waals surface area contributed by atoms with Crippen LogP contribution >= 0.6 is 11.8 Å². The molecule has 0 bridgehead atoms. The van der Waals surface area contributed by atoms with Gasteiger partial charge in [0.2, 0.25) is 5.91 Å². The molecule has 0 saturated carbocycles. The Bertz CT molecular complexity index is 825. The molecule has 1 saturated heterocycles. The fourth-order valence-corrected chi connectivity index (χ4v) is 4.43. The van der Waals surface area contributed by atoms with Crippen molar-refractivity contribution in [2.45, 2.75) is 43.9 Å². The number of hydrogen-bond donors (Lipinski definition) is 0. The molecule has 0 N–H and O–H groups in total. The number of thioether (sulfide) groups is 1. The monoisotopic (exact) mass is 386 g/mol. The van der Waals surface area contributed by atoms with Crippen LogP contribution in [-0.2, 0) is 10.5 Å². The van der Waals surface area contributed by atoms with Crippen LogP contribution in [0, 0.1) is 13.8 Å². The SMILES string of the molecule is CC(=O)N(C)C1CCN(C(=O)c2ccc(CSc3c(C)cccc3C)o2)C1. The molecule has 2 aromatic rings. The molecule has 1 aliphatic heterocycles. The number of nitrogens with zero attached hydrogens (tertiary/aromatic N) is 2. The van der Waals surface area contributed by atoms with Crippen LogP contribution in [0.15, 0.2) is 39.6 Å². The lowest BCUT2D eigenvalue weighted by Crippen LogP contribution is -2.38. The van der Waals surface area contributed by atoms with Gasteiger partial charge in [-0.1, -0.05) is 18.2 Å². The molecule has 0 radical (unpaired) electrons. The van der Waals surface area contributed by atoms with Crippen LogP contribution in [0.1, 0.15) is 40.8 Å². The lowest BCUT2D eigenvalue weighted by molar-refractivity contribution is -0.129. The number of carbonyl (C=O) groups is 2. The van der Waals surface area contributed by atoms with E-state index in [0.29, 0.717) is 24.6 Å². The summed E-state index contributed by atoms with van der Waals surface area (Å²) >= 11 is 1.73. The first-order valence-corrected chi connectivity index (χ1v) is 10.2. The van der Waals surface area contributed by atoms with Gasteiger partial charge in [-0.05, 0) is 43.5 Å². The number of aryl methyl sites for hydroxylation is 2. The zero-order valence-corrected chi connectivity index (χ0v) is 17.1. The number of rotatable bonds is 5. The summed E-state index contributed by atoms with van der Waals surface area (Å²) in [5, 5.41) is 0. The molecule has 1 aliphatic rings. The van der Waals surface area contributed by atoms with Gasteiger partial charge in [-0.15, -0.1) is 11.8 Å². The zero-order valence-electron chi connectivity index (χ0n) is 16.3. The van der Waals surface area contributed by atoms with Crippen molar-refractivity contribution in [1.29, 1.82) is 0 Å². The Labute approximate surface area is 164 Å². The number of benzene rings is 1. The number of likely N-dealkylation sites (tertiary alicyclic amines) is 1. The van der Waals surface area contributed by atoms with Gasteiger partial charge in [0, 0.05) is 32.0 Å². The highest BCUT2D eigenvalue weighted by molar-refractivity contribution is 7.98. The van der Waals surface area contributed by atoms with Crippen LogP contribution in [0.5, 0.6) is 0 Å². The molecule has 1 atom stereocenters. The third-order valence-corrected chi connectivity index (χ3v) is 6.50. The molecule has 0 spiro atoms. The molecule has 1 aromatic heterocycles. The van der Waals surface area contributed by atoms with Crippen molar-refractivity contribution in [3.8, 4) is 0 Å². The average molecular weight is 387 g/mol. The molecule has 3 rings (SSSR count). The van der Waals surface area contributed by atoms with Crippen LogP contribution < -0.4 is 0 Å². The number of furan rings is 1. The van der Waals surface area contributed by atoms with Gasteiger partial charge in [-0.3, -0.25) is 9.59 Å². The number of amides is 2. The molecule has 1 fully saturated rings. The van der Waals surface area contributed by atoms with Crippen molar-refractivity contribution >= 4 is 23.6 Å². The van der Waals surface area contributed by atoms with Crippen molar-refractivity contribution in [3.63, 3.8) is 0 Å². The van der Waals surface area contributed by atoms with Gasteiger partial charge in [0.1, 0.15) is 5.76 Å². The Morgan fingerprint density at radius 1 is 1.22 bits per heavy atom. The molecular formula is C21H26N2O3S. The second-order valence-corrected chi connectivity index (χ2v) is 8.08. The highest BCUT2D eigenvalue weighted by atomic mass is 32.2. The molecule has 0 aliphatic carbocycles. The Morgan fingerprint density at radius 3 is 2.59 bits per heavy atom. The molecule has 2 heterocycles. The normalized spacial score (nSPS) is 16.6. The van der Waals surface area contributed by atoms with E-state index in [9.17, 15) is 9.59 Å². The van der Waals surface area contributed by atoms with Crippen molar-refractivity contribution in [2.24, 2.45) is 0 Å². The van der Waals surface area contributed by atoms with Crippen LogP contribution in [0.25, 0.3) is 0 Å². The van der Waals surface area contributed by atoms with Gasteiger partial charge >= 0.3 is 0 Å². The summed E-state index contributed by atoms with van der Waals surface area (Å²) in [6.07, 6.45) is 0.803. The van der Waals surface area contributed by atoms with Gasteiger partial charge in [0.25, 0.3) is 5.91 Å². The first-order chi connectivity index (χ1) is 12.9. The standard InChI is InChI=1S/C21H26N2O3S/c1-14-6-5-7-15(2)20(14)27-13-18-8-9-19(26-18)21(25)23-11-10-17(12-23)22(4)16(3)24/h5-9,17H,10-13H2,1-4H3. The van der Waals surface area contributed by atoms with Crippen LogP contribution in [0.4, 0.5) is 0 Å². The summed E-state index contributed by atoms with van der Waals surface area (Å²) in [5.74, 6) is 1.78. The Balaban J connectivity index is 1.61. The summed E-state index contributed by atoms with van der Waals surface area (Å²) in [5.41, 5.74) is 2.50. The Kier molecular flexibility index (Phi) is 5.95. The topological polar surface area (TPSA) is 53.8 Å². The van der Waals surface area contributed by atoms with E-state index in [1.807, 2.05) is 6.07 Å². The highest BCUT2D eigenvalue weighted by Crippen LogP contribution is 2.30. The van der Waals surface area contributed by atoms with Gasteiger partial charge in [-0.2, -0.15) is 0 Å². The minimum Gasteiger partial charge on any atom is -0.455 e. The van der Waals surface area contributed by atoms with E-state index in [0.717, 1.165) is 12.2 Å². The first-order valence-electron chi connectivity index (χ1n) is 9.17. The van der Waals surface area contributed by atoms with Crippen molar-refractivity contribution in [2.75, 3.05) is 20.1 Å². The van der Waals surface area contributed by atoms with Crippen LogP contribution in [0.2, 0.25) is 0 Å². The molecule has 2 amide bonds. The maximum atomic E-state index is 12.7. The Morgan fingerprint density at radius 2 is 1.93 bits per heavy atom. The Hall–Kier alpha value is -2.21. The second-order valence-electron chi connectivity index (χ2n) is 7.10. The zero-order chi connectivity index (χ0) is 19.6. The van der Waals surface area contributed by atoms with Crippen molar-refractivity contribution < 1.29 is 14.0 Å². The summed E-state index contributed by atoms with van der Waals surface area (Å²) in [6, 6.07) is 9.99. The summed E-state index contributed by atoms with van der Waals surface area (Å²) in [6.45, 7) is 6.97. The molecule has 1 aromatic carbocycles. The van der Waals surface area contributed by atoms with E-state index in [1.165, 1.54) is 16.0 Å². The molecule has 5 nitrogen and oxygen atoms in total. The van der Waals surface area contributed by atoms with Gasteiger partial charge < -0.3 is 14.2 Å². The maximum Gasteiger partial charge on any atom is 0.289 e. The minimum atomic E-state index is -0.0993. The summed E-state index contributed by atoms with van der Waals surface area (Å²) < 4.78 is 5.81. The fourth-order valence-electron chi connectivity index (χ4n) is 3.40. The third kappa shape index (κ3) is 4.38. The predicted molar refractivity (Wildman–Crippen MR) is 107 cm³/mol. The number of likely N-dealkylation sites (N-methyl/N-ethyl adjacent to an activating group) is 1. The van der Waals surface area contributed by atoms with Gasteiger partial charge in [0.05, 0.1) is 11.8 Å². The van der Waals surface area contributed by atoms with E-state index in [1.54, 1.807) is 41.6 Å². The van der Waals surface area contributed by atoms with E-state index in [2.05, 4.69) is 32.0 Å². The quantitative estimate of drug-likeness (QED) is 0.732. The molecule has 6 heteroatoms. The van der Waals surface area contributed by atoms with Crippen molar-refractivity contribution in [3.05, 3.63) is 53.0 Å². The number of hydrogen-bond acceptors (Lipinski definition) is 4. The maximum absolute atomic E-state index is 12.7. The number of carbonyl (C=O) groups excluding carboxylic acids is 2. The van der Waals surface area contributed by atoms with Gasteiger partial charge in [0.15, 0.2) is 5.76 Å². The van der Waals surface area contributed by atoms with E-state index >= 15 is 0 Å². The van der Waals surface area contributed by atoms with Crippen molar-refractivity contribution in [1.82, 2.24) is 9.80 Å². The van der Waals surface area contributed by atoms with E-state index in [4.69, 9.17) is 4.42 Å². The molecular weight excluding hydrogens is 360 g/mol. The summed E-state index contributed by atoms with van der Waals surface area (Å²) in [4.78, 5) is 29.0.